The van der Waals surface area contributed by atoms with Gasteiger partial charge in [0.2, 0.25) is 0 Å². The van der Waals surface area contributed by atoms with Crippen molar-refractivity contribution in [2.45, 2.75) is 26.8 Å². The molecule has 2 aromatic rings. The number of non-ortho nitro benzene ring substituents is 1. The van der Waals surface area contributed by atoms with E-state index in [1.165, 1.54) is 12.1 Å². The number of rotatable bonds is 5. The van der Waals surface area contributed by atoms with E-state index < -0.39 is 4.92 Å². The summed E-state index contributed by atoms with van der Waals surface area (Å²) in [6, 6.07) is 6.62. The summed E-state index contributed by atoms with van der Waals surface area (Å²) in [6.07, 6.45) is 1.84. The van der Waals surface area contributed by atoms with Crippen molar-refractivity contribution in [1.29, 1.82) is 0 Å². The van der Waals surface area contributed by atoms with Gasteiger partial charge in [-0.25, -0.2) is 4.68 Å². The minimum Gasteiger partial charge on any atom is -0.310 e. The maximum absolute atomic E-state index is 10.7. The Kier molecular flexibility index (Phi) is 4.14. The number of benzene rings is 1. The van der Waals surface area contributed by atoms with Crippen LogP contribution in [0.1, 0.15) is 31.1 Å². The van der Waals surface area contributed by atoms with Gasteiger partial charge in [-0.05, 0) is 32.5 Å². The van der Waals surface area contributed by atoms with Crippen molar-refractivity contribution in [3.63, 3.8) is 0 Å². The van der Waals surface area contributed by atoms with Gasteiger partial charge in [-0.15, -0.1) is 0 Å². The second-order valence-corrected chi connectivity index (χ2v) is 4.65. The fraction of sp³-hybridized carbons (Fsp3) is 0.357. The highest BCUT2D eigenvalue weighted by Gasteiger charge is 2.14. The van der Waals surface area contributed by atoms with E-state index in [1.54, 1.807) is 16.8 Å². The van der Waals surface area contributed by atoms with Gasteiger partial charge in [-0.1, -0.05) is 6.92 Å². The number of nitro groups is 1. The zero-order valence-corrected chi connectivity index (χ0v) is 11.8. The van der Waals surface area contributed by atoms with Crippen molar-refractivity contribution < 1.29 is 4.92 Å². The summed E-state index contributed by atoms with van der Waals surface area (Å²) < 4.78 is 1.80. The molecule has 106 valence electrons. The average molecular weight is 274 g/mol. The first-order valence-corrected chi connectivity index (χ1v) is 6.57. The third-order valence-electron chi connectivity index (χ3n) is 3.33. The Labute approximate surface area is 117 Å². The highest BCUT2D eigenvalue weighted by atomic mass is 16.6. The highest BCUT2D eigenvalue weighted by molar-refractivity contribution is 5.42. The van der Waals surface area contributed by atoms with Crippen LogP contribution in [0.5, 0.6) is 0 Å². The van der Waals surface area contributed by atoms with Crippen LogP contribution in [0, 0.1) is 17.0 Å². The van der Waals surface area contributed by atoms with Gasteiger partial charge in [0.05, 0.1) is 16.8 Å². The van der Waals surface area contributed by atoms with Crippen molar-refractivity contribution in [2.75, 3.05) is 6.54 Å². The van der Waals surface area contributed by atoms with Gasteiger partial charge >= 0.3 is 0 Å². The Balaban J connectivity index is 2.31. The van der Waals surface area contributed by atoms with Crippen LogP contribution >= 0.6 is 0 Å². The van der Waals surface area contributed by atoms with Crippen LogP contribution in [0.3, 0.4) is 0 Å². The summed E-state index contributed by atoms with van der Waals surface area (Å²) in [7, 11) is 0. The second kappa shape index (κ2) is 5.83. The molecule has 1 atom stereocenters. The summed E-state index contributed by atoms with van der Waals surface area (Å²) >= 11 is 0. The van der Waals surface area contributed by atoms with Crippen LogP contribution in [0.2, 0.25) is 0 Å². The third-order valence-corrected chi connectivity index (χ3v) is 3.33. The standard InChI is InChI=1S/C14H18N4O2/c1-4-15-10(2)14-9-16-17(11(14)3)12-5-7-13(8-6-12)18(19)20/h5-10,15H,4H2,1-3H3. The Morgan fingerprint density at radius 1 is 1.40 bits per heavy atom. The smallest absolute Gasteiger partial charge is 0.269 e. The van der Waals surface area contributed by atoms with Gasteiger partial charge in [-0.3, -0.25) is 10.1 Å². The quantitative estimate of drug-likeness (QED) is 0.672. The van der Waals surface area contributed by atoms with Gasteiger partial charge in [0.25, 0.3) is 5.69 Å². The molecule has 0 aliphatic heterocycles. The summed E-state index contributed by atoms with van der Waals surface area (Å²) in [5, 5.41) is 18.4. The Morgan fingerprint density at radius 2 is 2.05 bits per heavy atom. The first-order valence-electron chi connectivity index (χ1n) is 6.57. The van der Waals surface area contributed by atoms with Crippen molar-refractivity contribution >= 4 is 5.69 Å². The molecule has 1 heterocycles. The number of hydrogen-bond donors (Lipinski definition) is 1. The van der Waals surface area contributed by atoms with Gasteiger partial charge in [0.1, 0.15) is 0 Å². The minimum absolute atomic E-state index is 0.0831. The monoisotopic (exact) mass is 274 g/mol. The maximum Gasteiger partial charge on any atom is 0.269 e. The predicted molar refractivity (Wildman–Crippen MR) is 77.0 cm³/mol. The fourth-order valence-corrected chi connectivity index (χ4v) is 2.24. The van der Waals surface area contributed by atoms with Gasteiger partial charge < -0.3 is 5.32 Å². The molecular weight excluding hydrogens is 256 g/mol. The molecule has 0 amide bonds. The maximum atomic E-state index is 10.7. The van der Waals surface area contributed by atoms with Gasteiger partial charge in [-0.2, -0.15) is 5.10 Å². The van der Waals surface area contributed by atoms with Crippen LogP contribution in [0.4, 0.5) is 5.69 Å². The minimum atomic E-state index is -0.404. The molecule has 2 rings (SSSR count). The lowest BCUT2D eigenvalue weighted by molar-refractivity contribution is -0.384. The van der Waals surface area contributed by atoms with Crippen molar-refractivity contribution in [1.82, 2.24) is 15.1 Å². The average Bonchev–Trinajstić information content (AvgIpc) is 2.81. The van der Waals surface area contributed by atoms with Crippen LogP contribution < -0.4 is 5.32 Å². The first-order chi connectivity index (χ1) is 9.54. The Morgan fingerprint density at radius 3 is 2.60 bits per heavy atom. The Bertz CT molecular complexity index is 604. The zero-order chi connectivity index (χ0) is 14.7. The summed E-state index contributed by atoms with van der Waals surface area (Å²) in [5.41, 5.74) is 3.07. The Hall–Kier alpha value is -2.21. The van der Waals surface area contributed by atoms with E-state index in [0.29, 0.717) is 0 Å². The highest BCUT2D eigenvalue weighted by Crippen LogP contribution is 2.21. The summed E-state index contributed by atoms with van der Waals surface area (Å²) in [5.74, 6) is 0. The number of hydrogen-bond acceptors (Lipinski definition) is 4. The molecular formula is C14H18N4O2. The van der Waals surface area contributed by atoms with Crippen LogP contribution in [-0.2, 0) is 0 Å². The van der Waals surface area contributed by atoms with Crippen LogP contribution in [0.25, 0.3) is 5.69 Å². The summed E-state index contributed by atoms with van der Waals surface area (Å²) in [4.78, 5) is 10.3. The topological polar surface area (TPSA) is 73.0 Å². The van der Waals surface area contributed by atoms with E-state index in [0.717, 1.165) is 23.5 Å². The van der Waals surface area contributed by atoms with E-state index >= 15 is 0 Å². The molecule has 1 unspecified atom stereocenters. The molecule has 0 bridgehead atoms. The van der Waals surface area contributed by atoms with Gasteiger partial charge in [0, 0.05) is 29.4 Å². The fourth-order valence-electron chi connectivity index (χ4n) is 2.24. The predicted octanol–water partition coefficient (Wildman–Crippen LogP) is 2.76. The van der Waals surface area contributed by atoms with E-state index in [9.17, 15) is 10.1 Å². The molecule has 0 radical (unpaired) electrons. The number of nitrogens with zero attached hydrogens (tertiary/aromatic N) is 3. The van der Waals surface area contributed by atoms with Crippen LogP contribution in [-0.4, -0.2) is 21.2 Å². The lowest BCUT2D eigenvalue weighted by Crippen LogP contribution is -2.18. The van der Waals surface area contributed by atoms with Crippen LogP contribution in [0.15, 0.2) is 30.5 Å². The van der Waals surface area contributed by atoms with Crippen molar-refractivity contribution in [3.8, 4) is 5.69 Å². The number of nitro benzene ring substituents is 1. The number of nitrogens with one attached hydrogen (secondary N) is 1. The number of aromatic nitrogens is 2. The van der Waals surface area contributed by atoms with Gasteiger partial charge in [0.15, 0.2) is 0 Å². The molecule has 0 fully saturated rings. The normalized spacial score (nSPS) is 12.3. The van der Waals surface area contributed by atoms with E-state index in [2.05, 4.69) is 24.3 Å². The molecule has 1 aromatic heterocycles. The molecule has 0 aliphatic carbocycles. The third kappa shape index (κ3) is 2.70. The van der Waals surface area contributed by atoms with E-state index in [-0.39, 0.29) is 11.7 Å². The first kappa shape index (κ1) is 14.2. The van der Waals surface area contributed by atoms with Crippen molar-refractivity contribution in [3.05, 3.63) is 51.8 Å². The molecule has 0 spiro atoms. The molecule has 0 aliphatic rings. The molecule has 6 nitrogen and oxygen atoms in total. The largest absolute Gasteiger partial charge is 0.310 e. The molecule has 6 heteroatoms. The molecule has 0 saturated heterocycles. The SMILES string of the molecule is CCNC(C)c1cnn(-c2ccc([N+](=O)[O-])cc2)c1C. The lowest BCUT2D eigenvalue weighted by atomic mass is 10.1. The van der Waals surface area contributed by atoms with Crippen molar-refractivity contribution in [2.24, 2.45) is 0 Å². The zero-order valence-electron chi connectivity index (χ0n) is 11.8. The lowest BCUT2D eigenvalue weighted by Gasteiger charge is -2.12. The second-order valence-electron chi connectivity index (χ2n) is 4.65. The van der Waals surface area contributed by atoms with E-state index in [4.69, 9.17) is 0 Å². The molecule has 20 heavy (non-hydrogen) atoms. The van der Waals surface area contributed by atoms with E-state index in [1.807, 2.05) is 13.1 Å². The molecule has 1 N–H and O–H groups in total. The molecule has 0 saturated carbocycles. The molecule has 1 aromatic carbocycles. The summed E-state index contributed by atoms with van der Waals surface area (Å²) in [6.45, 7) is 7.04.